The Hall–Kier alpha value is -1.26. The van der Waals surface area contributed by atoms with Crippen LogP contribution < -0.4 is 5.73 Å². The zero-order valence-electron chi connectivity index (χ0n) is 10.9. The van der Waals surface area contributed by atoms with Crippen LogP contribution in [0, 0.1) is 0 Å². The molecule has 1 aliphatic heterocycles. The van der Waals surface area contributed by atoms with Crippen molar-refractivity contribution in [3.8, 4) is 0 Å². The SMILES string of the molecule is NC(=O)C1CCCCN1C(=O)Cc1ccc(Cl)c(Cl)c1. The van der Waals surface area contributed by atoms with Crippen LogP contribution in [0.5, 0.6) is 0 Å². The molecule has 2 amide bonds. The van der Waals surface area contributed by atoms with Crippen molar-refractivity contribution in [3.05, 3.63) is 33.8 Å². The Balaban J connectivity index is 2.09. The van der Waals surface area contributed by atoms with Gasteiger partial charge in [0.1, 0.15) is 6.04 Å². The lowest BCUT2D eigenvalue weighted by Crippen LogP contribution is -2.50. The van der Waals surface area contributed by atoms with Gasteiger partial charge in [-0.15, -0.1) is 0 Å². The third-order valence-corrected chi connectivity index (χ3v) is 4.23. The fourth-order valence-electron chi connectivity index (χ4n) is 2.45. The smallest absolute Gasteiger partial charge is 0.240 e. The molecule has 0 saturated carbocycles. The van der Waals surface area contributed by atoms with Crippen LogP contribution in [0.4, 0.5) is 0 Å². The maximum atomic E-state index is 12.3. The predicted molar refractivity (Wildman–Crippen MR) is 78.7 cm³/mol. The standard InChI is InChI=1S/C14H16Cl2N2O2/c15-10-5-4-9(7-11(10)16)8-13(19)18-6-2-1-3-12(18)14(17)20/h4-5,7,12H,1-3,6,8H2,(H2,17,20). The third kappa shape index (κ3) is 3.44. The molecule has 2 N–H and O–H groups in total. The number of carbonyl (C=O) groups is 2. The number of likely N-dealkylation sites (tertiary alicyclic amines) is 1. The van der Waals surface area contributed by atoms with Crippen molar-refractivity contribution < 1.29 is 9.59 Å². The van der Waals surface area contributed by atoms with E-state index >= 15 is 0 Å². The number of primary amides is 1. The number of amides is 2. The molecule has 0 radical (unpaired) electrons. The van der Waals surface area contributed by atoms with Crippen molar-refractivity contribution in [1.82, 2.24) is 4.90 Å². The van der Waals surface area contributed by atoms with Gasteiger partial charge in [0.05, 0.1) is 16.5 Å². The highest BCUT2D eigenvalue weighted by Crippen LogP contribution is 2.24. The fourth-order valence-corrected chi connectivity index (χ4v) is 2.77. The lowest BCUT2D eigenvalue weighted by atomic mass is 10.0. The van der Waals surface area contributed by atoms with Gasteiger partial charge in [0.15, 0.2) is 0 Å². The molecule has 20 heavy (non-hydrogen) atoms. The van der Waals surface area contributed by atoms with Crippen molar-refractivity contribution in [2.75, 3.05) is 6.54 Å². The molecule has 0 aliphatic carbocycles. The van der Waals surface area contributed by atoms with Crippen molar-refractivity contribution in [2.24, 2.45) is 5.73 Å². The number of benzene rings is 1. The van der Waals surface area contributed by atoms with Crippen LogP contribution in [-0.2, 0) is 16.0 Å². The van der Waals surface area contributed by atoms with E-state index in [1.165, 1.54) is 0 Å². The third-order valence-electron chi connectivity index (χ3n) is 3.49. The van der Waals surface area contributed by atoms with E-state index in [2.05, 4.69) is 0 Å². The van der Waals surface area contributed by atoms with Crippen LogP contribution in [0.15, 0.2) is 18.2 Å². The molecule has 1 aliphatic rings. The zero-order valence-corrected chi connectivity index (χ0v) is 12.5. The van der Waals surface area contributed by atoms with Gasteiger partial charge in [-0.25, -0.2) is 0 Å². The molecule has 6 heteroatoms. The monoisotopic (exact) mass is 314 g/mol. The minimum atomic E-state index is -0.487. The van der Waals surface area contributed by atoms with Gasteiger partial charge in [-0.1, -0.05) is 29.3 Å². The van der Waals surface area contributed by atoms with Crippen LogP contribution >= 0.6 is 23.2 Å². The summed E-state index contributed by atoms with van der Waals surface area (Å²) in [5.74, 6) is -0.543. The molecule has 0 spiro atoms. The van der Waals surface area contributed by atoms with Crippen LogP contribution in [-0.4, -0.2) is 29.3 Å². The number of rotatable bonds is 3. The van der Waals surface area contributed by atoms with Gasteiger partial charge in [-0.3, -0.25) is 9.59 Å². The summed E-state index contributed by atoms with van der Waals surface area (Å²) in [6.07, 6.45) is 2.66. The predicted octanol–water partition coefficient (Wildman–Crippen LogP) is 2.40. The summed E-state index contributed by atoms with van der Waals surface area (Å²) < 4.78 is 0. The molecule has 1 aromatic carbocycles. The van der Waals surface area contributed by atoms with E-state index in [0.29, 0.717) is 23.0 Å². The highest BCUT2D eigenvalue weighted by molar-refractivity contribution is 6.42. The van der Waals surface area contributed by atoms with Crippen LogP contribution in [0.3, 0.4) is 0 Å². The first-order valence-corrected chi connectivity index (χ1v) is 7.27. The van der Waals surface area contributed by atoms with E-state index in [1.54, 1.807) is 23.1 Å². The molecular weight excluding hydrogens is 299 g/mol. The topological polar surface area (TPSA) is 63.4 Å². The Kier molecular flexibility index (Phi) is 4.89. The summed E-state index contributed by atoms with van der Waals surface area (Å²) in [4.78, 5) is 25.3. The molecule has 1 unspecified atom stereocenters. The second kappa shape index (κ2) is 6.46. The second-order valence-corrected chi connectivity index (χ2v) is 5.74. The summed E-state index contributed by atoms with van der Waals surface area (Å²) in [6, 6.07) is 4.60. The van der Waals surface area contributed by atoms with E-state index in [0.717, 1.165) is 18.4 Å². The van der Waals surface area contributed by atoms with Crippen LogP contribution in [0.1, 0.15) is 24.8 Å². The summed E-state index contributed by atoms with van der Waals surface area (Å²) >= 11 is 11.8. The highest BCUT2D eigenvalue weighted by Gasteiger charge is 2.30. The number of carbonyl (C=O) groups excluding carboxylic acids is 2. The first-order valence-electron chi connectivity index (χ1n) is 6.51. The molecular formula is C14H16Cl2N2O2. The summed E-state index contributed by atoms with van der Waals surface area (Å²) in [5, 5.41) is 0.873. The average molecular weight is 315 g/mol. The normalized spacial score (nSPS) is 18.9. The maximum Gasteiger partial charge on any atom is 0.240 e. The Labute approximate surface area is 127 Å². The van der Waals surface area contributed by atoms with E-state index in [1.807, 2.05) is 0 Å². The molecule has 0 aromatic heterocycles. The van der Waals surface area contributed by atoms with Crippen molar-refractivity contribution in [3.63, 3.8) is 0 Å². The van der Waals surface area contributed by atoms with E-state index in [4.69, 9.17) is 28.9 Å². The van der Waals surface area contributed by atoms with E-state index in [9.17, 15) is 9.59 Å². The molecule has 1 fully saturated rings. The van der Waals surface area contributed by atoms with Gasteiger partial charge in [-0.05, 0) is 37.0 Å². The zero-order chi connectivity index (χ0) is 14.7. The number of hydrogen-bond acceptors (Lipinski definition) is 2. The number of halogens is 2. The highest BCUT2D eigenvalue weighted by atomic mass is 35.5. The Bertz CT molecular complexity index is 534. The minimum absolute atomic E-state index is 0.105. The summed E-state index contributed by atoms with van der Waals surface area (Å²) in [5.41, 5.74) is 6.14. The van der Waals surface area contributed by atoms with Gasteiger partial charge in [0.25, 0.3) is 0 Å². The second-order valence-electron chi connectivity index (χ2n) is 4.93. The Morgan fingerprint density at radius 2 is 2.00 bits per heavy atom. The van der Waals surface area contributed by atoms with E-state index < -0.39 is 11.9 Å². The summed E-state index contributed by atoms with van der Waals surface area (Å²) in [7, 11) is 0. The van der Waals surface area contributed by atoms with Crippen molar-refractivity contribution in [2.45, 2.75) is 31.7 Å². The maximum absolute atomic E-state index is 12.3. The van der Waals surface area contributed by atoms with Gasteiger partial charge in [0.2, 0.25) is 11.8 Å². The van der Waals surface area contributed by atoms with Gasteiger partial charge < -0.3 is 10.6 Å². The Morgan fingerprint density at radius 3 is 2.65 bits per heavy atom. The largest absolute Gasteiger partial charge is 0.368 e. The number of hydrogen-bond donors (Lipinski definition) is 1. The quantitative estimate of drug-likeness (QED) is 0.931. The lowest BCUT2D eigenvalue weighted by molar-refractivity contribution is -0.140. The molecule has 1 atom stereocenters. The molecule has 1 saturated heterocycles. The fraction of sp³-hybridized carbons (Fsp3) is 0.429. The van der Waals surface area contributed by atoms with Crippen LogP contribution in [0.25, 0.3) is 0 Å². The van der Waals surface area contributed by atoms with Gasteiger partial charge >= 0.3 is 0 Å². The average Bonchev–Trinajstić information content (AvgIpc) is 2.43. The Morgan fingerprint density at radius 1 is 1.25 bits per heavy atom. The molecule has 108 valence electrons. The molecule has 1 aromatic rings. The van der Waals surface area contributed by atoms with Crippen LogP contribution in [0.2, 0.25) is 10.0 Å². The molecule has 4 nitrogen and oxygen atoms in total. The van der Waals surface area contributed by atoms with Gasteiger partial charge in [-0.2, -0.15) is 0 Å². The lowest BCUT2D eigenvalue weighted by Gasteiger charge is -2.33. The number of piperidine rings is 1. The van der Waals surface area contributed by atoms with Crippen molar-refractivity contribution in [1.29, 1.82) is 0 Å². The van der Waals surface area contributed by atoms with E-state index in [-0.39, 0.29) is 12.3 Å². The molecule has 0 bridgehead atoms. The van der Waals surface area contributed by atoms with Crippen molar-refractivity contribution >= 4 is 35.0 Å². The summed E-state index contributed by atoms with van der Waals surface area (Å²) in [6.45, 7) is 0.577. The molecule has 1 heterocycles. The first kappa shape index (κ1) is 15.1. The first-order chi connectivity index (χ1) is 9.49. The molecule has 2 rings (SSSR count). The number of nitrogens with two attached hydrogens (primary N) is 1. The van der Waals surface area contributed by atoms with Gasteiger partial charge in [0, 0.05) is 6.54 Å². The number of nitrogens with zero attached hydrogens (tertiary/aromatic N) is 1. The minimum Gasteiger partial charge on any atom is -0.368 e.